The minimum absolute atomic E-state index is 0.0481. The zero-order valence-corrected chi connectivity index (χ0v) is 13.1. The van der Waals surface area contributed by atoms with Gasteiger partial charge in [0, 0.05) is 15.0 Å². The number of benzene rings is 1. The Kier molecular flexibility index (Phi) is 3.50. The van der Waals surface area contributed by atoms with E-state index in [1.165, 1.54) is 25.7 Å². The lowest BCUT2D eigenvalue weighted by Crippen LogP contribution is -2.38. The number of nitrogens with one attached hydrogen (secondary N) is 1. The van der Waals surface area contributed by atoms with Crippen LogP contribution in [-0.2, 0) is 0 Å². The molecule has 3 rings (SSSR count). The average molecular weight is 373 g/mol. The standard InChI is InChI=1S/C14H15Br2NO/c15-10-3-4-11(12(16)7-10)14(18)17-13-6-8-1-2-9(13)5-8/h3-4,7-9,13H,1-2,5-6H2,(H,17,18). The summed E-state index contributed by atoms with van der Waals surface area (Å²) in [7, 11) is 0. The van der Waals surface area contributed by atoms with Crippen LogP contribution < -0.4 is 5.32 Å². The van der Waals surface area contributed by atoms with E-state index in [0.29, 0.717) is 12.0 Å². The van der Waals surface area contributed by atoms with E-state index in [1.807, 2.05) is 18.2 Å². The molecule has 1 N–H and O–H groups in total. The Morgan fingerprint density at radius 3 is 2.67 bits per heavy atom. The Morgan fingerprint density at radius 1 is 1.22 bits per heavy atom. The molecule has 2 nitrogen and oxygen atoms in total. The first kappa shape index (κ1) is 12.7. The van der Waals surface area contributed by atoms with Gasteiger partial charge < -0.3 is 5.32 Å². The summed E-state index contributed by atoms with van der Waals surface area (Å²) in [6, 6.07) is 6.07. The highest BCUT2D eigenvalue weighted by Gasteiger charge is 2.40. The van der Waals surface area contributed by atoms with Gasteiger partial charge in [-0.05, 0) is 65.2 Å². The van der Waals surface area contributed by atoms with Gasteiger partial charge in [-0.1, -0.05) is 22.4 Å². The third-order valence-electron chi connectivity index (χ3n) is 4.23. The monoisotopic (exact) mass is 371 g/mol. The fraction of sp³-hybridized carbons (Fsp3) is 0.500. The second-order valence-corrected chi connectivity index (χ2v) is 7.15. The van der Waals surface area contributed by atoms with Gasteiger partial charge in [0.2, 0.25) is 0 Å². The van der Waals surface area contributed by atoms with Crippen LogP contribution in [0.25, 0.3) is 0 Å². The van der Waals surface area contributed by atoms with E-state index in [9.17, 15) is 4.79 Å². The van der Waals surface area contributed by atoms with Crippen LogP contribution in [0.2, 0.25) is 0 Å². The van der Waals surface area contributed by atoms with Crippen LogP contribution in [0.15, 0.2) is 27.1 Å². The van der Waals surface area contributed by atoms with E-state index < -0.39 is 0 Å². The van der Waals surface area contributed by atoms with Crippen LogP contribution in [0.1, 0.15) is 36.0 Å². The lowest BCUT2D eigenvalue weighted by Gasteiger charge is -2.23. The molecule has 1 aromatic carbocycles. The third-order valence-corrected chi connectivity index (χ3v) is 5.38. The van der Waals surface area contributed by atoms with Crippen molar-refractivity contribution in [2.75, 3.05) is 0 Å². The summed E-state index contributed by atoms with van der Waals surface area (Å²) in [5, 5.41) is 3.20. The maximum Gasteiger partial charge on any atom is 0.252 e. The minimum atomic E-state index is 0.0481. The number of hydrogen-bond acceptors (Lipinski definition) is 1. The van der Waals surface area contributed by atoms with Crippen LogP contribution in [0, 0.1) is 11.8 Å². The van der Waals surface area contributed by atoms with E-state index in [-0.39, 0.29) is 5.91 Å². The molecule has 4 heteroatoms. The number of rotatable bonds is 2. The second-order valence-electron chi connectivity index (χ2n) is 5.38. The minimum Gasteiger partial charge on any atom is -0.349 e. The number of hydrogen-bond donors (Lipinski definition) is 1. The summed E-state index contributed by atoms with van der Waals surface area (Å²) in [4.78, 5) is 12.3. The maximum atomic E-state index is 12.3. The first-order valence-electron chi connectivity index (χ1n) is 6.39. The van der Waals surface area contributed by atoms with Crippen LogP contribution in [0.5, 0.6) is 0 Å². The molecule has 2 aliphatic carbocycles. The van der Waals surface area contributed by atoms with E-state index in [4.69, 9.17) is 0 Å². The molecule has 0 aromatic heterocycles. The lowest BCUT2D eigenvalue weighted by molar-refractivity contribution is 0.0922. The molecular weight excluding hydrogens is 358 g/mol. The molecular formula is C14H15Br2NO. The van der Waals surface area contributed by atoms with Crippen molar-refractivity contribution in [1.29, 1.82) is 0 Å². The molecule has 2 fully saturated rings. The summed E-state index contributed by atoms with van der Waals surface area (Å²) in [6.07, 6.45) is 5.13. The first-order chi connectivity index (χ1) is 8.63. The molecule has 2 saturated carbocycles. The molecule has 96 valence electrons. The van der Waals surface area contributed by atoms with Gasteiger partial charge in [-0.25, -0.2) is 0 Å². The molecule has 0 spiro atoms. The van der Waals surface area contributed by atoms with Gasteiger partial charge in [0.05, 0.1) is 5.56 Å². The quantitative estimate of drug-likeness (QED) is 0.830. The normalized spacial score (nSPS) is 29.6. The van der Waals surface area contributed by atoms with Crippen molar-refractivity contribution in [2.45, 2.75) is 31.7 Å². The van der Waals surface area contributed by atoms with Gasteiger partial charge in [-0.3, -0.25) is 4.79 Å². The molecule has 1 aromatic rings. The highest BCUT2D eigenvalue weighted by Crippen LogP contribution is 2.44. The van der Waals surface area contributed by atoms with Crippen molar-refractivity contribution in [3.05, 3.63) is 32.7 Å². The summed E-state index contributed by atoms with van der Waals surface area (Å²) in [5.41, 5.74) is 0.723. The molecule has 0 saturated heterocycles. The zero-order chi connectivity index (χ0) is 12.7. The molecule has 3 atom stereocenters. The van der Waals surface area contributed by atoms with Crippen molar-refractivity contribution in [1.82, 2.24) is 5.32 Å². The number of carbonyl (C=O) groups excluding carboxylic acids is 1. The fourth-order valence-corrected chi connectivity index (χ4v) is 4.57. The van der Waals surface area contributed by atoms with E-state index in [1.54, 1.807) is 0 Å². The molecule has 2 aliphatic rings. The van der Waals surface area contributed by atoms with Gasteiger partial charge in [-0.2, -0.15) is 0 Å². The molecule has 0 heterocycles. The zero-order valence-electron chi connectivity index (χ0n) is 9.96. The number of amides is 1. The Bertz CT molecular complexity index is 489. The predicted molar refractivity (Wildman–Crippen MR) is 78.5 cm³/mol. The summed E-state index contributed by atoms with van der Waals surface area (Å²) < 4.78 is 1.82. The Labute approximate surface area is 124 Å². The largest absolute Gasteiger partial charge is 0.349 e. The number of halogens is 2. The lowest BCUT2D eigenvalue weighted by atomic mass is 9.95. The van der Waals surface area contributed by atoms with E-state index >= 15 is 0 Å². The summed E-state index contributed by atoms with van der Waals surface area (Å²) in [5.74, 6) is 1.62. The van der Waals surface area contributed by atoms with Gasteiger partial charge in [0.15, 0.2) is 0 Å². The molecule has 3 unspecified atom stereocenters. The first-order valence-corrected chi connectivity index (χ1v) is 7.98. The van der Waals surface area contributed by atoms with Crippen molar-refractivity contribution >= 4 is 37.8 Å². The van der Waals surface area contributed by atoms with E-state index in [2.05, 4.69) is 37.2 Å². The van der Waals surface area contributed by atoms with Crippen molar-refractivity contribution in [2.24, 2.45) is 11.8 Å². The number of fused-ring (bicyclic) bond motifs is 2. The third kappa shape index (κ3) is 2.37. The maximum absolute atomic E-state index is 12.3. The molecule has 1 amide bonds. The van der Waals surface area contributed by atoms with Crippen LogP contribution in [0.4, 0.5) is 0 Å². The number of carbonyl (C=O) groups is 1. The van der Waals surface area contributed by atoms with E-state index in [0.717, 1.165) is 20.4 Å². The predicted octanol–water partition coefficient (Wildman–Crippen LogP) is 4.13. The van der Waals surface area contributed by atoms with Crippen LogP contribution in [-0.4, -0.2) is 11.9 Å². The molecule has 0 radical (unpaired) electrons. The molecule has 2 bridgehead atoms. The smallest absolute Gasteiger partial charge is 0.252 e. The van der Waals surface area contributed by atoms with Gasteiger partial charge in [0.25, 0.3) is 5.91 Å². The SMILES string of the molecule is O=C(NC1CC2CCC1C2)c1ccc(Br)cc1Br. The van der Waals surface area contributed by atoms with Crippen molar-refractivity contribution in [3.63, 3.8) is 0 Å². The van der Waals surface area contributed by atoms with Gasteiger partial charge >= 0.3 is 0 Å². The molecule has 0 aliphatic heterocycles. The van der Waals surface area contributed by atoms with Crippen LogP contribution >= 0.6 is 31.9 Å². The highest BCUT2D eigenvalue weighted by molar-refractivity contribution is 9.11. The van der Waals surface area contributed by atoms with Gasteiger partial charge in [-0.15, -0.1) is 0 Å². The Morgan fingerprint density at radius 2 is 2.06 bits per heavy atom. The highest BCUT2D eigenvalue weighted by atomic mass is 79.9. The van der Waals surface area contributed by atoms with Crippen molar-refractivity contribution < 1.29 is 4.79 Å². The Balaban J connectivity index is 1.71. The average Bonchev–Trinajstić information content (AvgIpc) is 2.90. The second kappa shape index (κ2) is 4.97. The van der Waals surface area contributed by atoms with Gasteiger partial charge in [0.1, 0.15) is 0 Å². The summed E-state index contributed by atoms with van der Waals surface area (Å²) >= 11 is 6.85. The molecule has 18 heavy (non-hydrogen) atoms. The Hall–Kier alpha value is -0.350. The fourth-order valence-electron chi connectivity index (χ4n) is 3.34. The van der Waals surface area contributed by atoms with Crippen LogP contribution in [0.3, 0.4) is 0 Å². The summed E-state index contributed by atoms with van der Waals surface area (Å²) in [6.45, 7) is 0. The topological polar surface area (TPSA) is 29.1 Å². The van der Waals surface area contributed by atoms with Crippen molar-refractivity contribution in [3.8, 4) is 0 Å².